The third-order valence-corrected chi connectivity index (χ3v) is 6.35. The van der Waals surface area contributed by atoms with Gasteiger partial charge >= 0.3 is 0 Å². The number of benzene rings is 2. The molecule has 0 spiro atoms. The zero-order valence-corrected chi connectivity index (χ0v) is 19.1. The Hall–Kier alpha value is -4.40. The minimum atomic E-state index is -0.677. The number of hydrogen-bond donors (Lipinski definition) is 1. The van der Waals surface area contributed by atoms with Gasteiger partial charge in [-0.3, -0.25) is 14.4 Å². The number of nitrogens with two attached hydrogens (primary N) is 1. The number of primary amides is 1. The van der Waals surface area contributed by atoms with Crippen molar-refractivity contribution in [3.05, 3.63) is 78.3 Å². The van der Waals surface area contributed by atoms with Gasteiger partial charge in [0.1, 0.15) is 11.4 Å². The van der Waals surface area contributed by atoms with Crippen LogP contribution in [0.25, 0.3) is 5.69 Å². The lowest BCUT2D eigenvalue weighted by molar-refractivity contribution is -0.119. The van der Waals surface area contributed by atoms with Crippen LogP contribution in [0.2, 0.25) is 0 Å². The van der Waals surface area contributed by atoms with Crippen molar-refractivity contribution in [1.29, 1.82) is 0 Å². The summed E-state index contributed by atoms with van der Waals surface area (Å²) in [6.07, 6.45) is 4.21. The Morgan fingerprint density at radius 1 is 0.914 bits per heavy atom. The van der Waals surface area contributed by atoms with Gasteiger partial charge in [-0.1, -0.05) is 6.58 Å². The van der Waals surface area contributed by atoms with Crippen molar-refractivity contribution in [3.63, 3.8) is 0 Å². The SMILES string of the molecule is C=COc1ccc(-n2nc(C(N)=O)c3c2C(=O)N(c2ccc(N4CCCCC4=O)cc2)CC3)cc1. The fraction of sp³-hybridized carbons (Fsp3) is 0.231. The van der Waals surface area contributed by atoms with Crippen LogP contribution >= 0.6 is 0 Å². The number of hydrogen-bond acceptors (Lipinski definition) is 5. The van der Waals surface area contributed by atoms with Gasteiger partial charge in [-0.25, -0.2) is 4.68 Å². The Morgan fingerprint density at radius 2 is 1.57 bits per heavy atom. The van der Waals surface area contributed by atoms with E-state index in [0.717, 1.165) is 18.5 Å². The van der Waals surface area contributed by atoms with Gasteiger partial charge in [0.2, 0.25) is 5.91 Å². The van der Waals surface area contributed by atoms with Crippen molar-refractivity contribution < 1.29 is 19.1 Å². The average molecular weight is 472 g/mol. The number of ether oxygens (including phenoxy) is 1. The molecule has 1 aromatic heterocycles. The second-order valence-electron chi connectivity index (χ2n) is 8.46. The normalized spacial score (nSPS) is 15.7. The predicted molar refractivity (Wildman–Crippen MR) is 131 cm³/mol. The lowest BCUT2D eigenvalue weighted by atomic mass is 10.0. The maximum atomic E-state index is 13.7. The Morgan fingerprint density at radius 3 is 2.20 bits per heavy atom. The smallest absolute Gasteiger partial charge is 0.277 e. The topological polar surface area (TPSA) is 111 Å². The molecule has 0 atom stereocenters. The molecule has 3 amide bonds. The van der Waals surface area contributed by atoms with Crippen molar-refractivity contribution >= 4 is 29.1 Å². The molecule has 1 saturated heterocycles. The summed E-state index contributed by atoms with van der Waals surface area (Å²) in [5.41, 5.74) is 8.65. The van der Waals surface area contributed by atoms with Crippen LogP contribution in [0.1, 0.15) is 45.8 Å². The number of carbonyl (C=O) groups is 3. The zero-order chi connectivity index (χ0) is 24.5. The van der Waals surface area contributed by atoms with Gasteiger partial charge in [0.25, 0.3) is 11.8 Å². The number of fused-ring (bicyclic) bond motifs is 1. The first-order chi connectivity index (χ1) is 17.0. The van der Waals surface area contributed by atoms with Crippen molar-refractivity contribution in [1.82, 2.24) is 9.78 Å². The van der Waals surface area contributed by atoms with Crippen LogP contribution in [-0.2, 0) is 11.2 Å². The van der Waals surface area contributed by atoms with Gasteiger partial charge in [-0.05, 0) is 67.8 Å². The molecule has 2 N–H and O–H groups in total. The summed E-state index contributed by atoms with van der Waals surface area (Å²) >= 11 is 0. The summed E-state index contributed by atoms with van der Waals surface area (Å²) in [6.45, 7) is 4.62. The fourth-order valence-corrected chi connectivity index (χ4v) is 4.64. The van der Waals surface area contributed by atoms with Gasteiger partial charge in [-0.15, -0.1) is 0 Å². The highest BCUT2D eigenvalue weighted by molar-refractivity contribution is 6.09. The van der Waals surface area contributed by atoms with Crippen LogP contribution < -0.4 is 20.3 Å². The molecular formula is C26H25N5O4. The van der Waals surface area contributed by atoms with Crippen LogP contribution in [0.15, 0.2) is 61.4 Å². The average Bonchev–Trinajstić information content (AvgIpc) is 3.27. The van der Waals surface area contributed by atoms with E-state index in [9.17, 15) is 14.4 Å². The van der Waals surface area contributed by atoms with E-state index in [1.807, 2.05) is 24.3 Å². The molecule has 0 bridgehead atoms. The maximum absolute atomic E-state index is 13.7. The summed E-state index contributed by atoms with van der Waals surface area (Å²) in [7, 11) is 0. The molecule has 3 heterocycles. The molecule has 9 heteroatoms. The van der Waals surface area contributed by atoms with E-state index in [-0.39, 0.29) is 17.5 Å². The van der Waals surface area contributed by atoms with E-state index >= 15 is 0 Å². The number of amides is 3. The summed E-state index contributed by atoms with van der Waals surface area (Å²) in [4.78, 5) is 41.5. The third kappa shape index (κ3) is 4.05. The lowest BCUT2D eigenvalue weighted by Gasteiger charge is -2.29. The molecule has 2 aliphatic rings. The first kappa shape index (κ1) is 22.4. The number of rotatable bonds is 6. The van der Waals surface area contributed by atoms with Gasteiger partial charge in [0.15, 0.2) is 5.69 Å². The number of aromatic nitrogens is 2. The van der Waals surface area contributed by atoms with Crippen molar-refractivity contribution in [2.45, 2.75) is 25.7 Å². The summed E-state index contributed by atoms with van der Waals surface area (Å²) in [5.74, 6) is -0.252. The van der Waals surface area contributed by atoms with Gasteiger partial charge in [-0.2, -0.15) is 5.10 Å². The molecule has 2 aromatic carbocycles. The first-order valence-corrected chi connectivity index (χ1v) is 11.5. The Bertz CT molecular complexity index is 1310. The second kappa shape index (κ2) is 9.09. The molecule has 3 aromatic rings. The number of anilines is 2. The minimum absolute atomic E-state index is 0.0957. The predicted octanol–water partition coefficient (Wildman–Crippen LogP) is 3.21. The molecule has 1 fully saturated rings. The summed E-state index contributed by atoms with van der Waals surface area (Å²) in [5, 5.41) is 4.39. The van der Waals surface area contributed by atoms with E-state index in [1.165, 1.54) is 10.9 Å². The number of piperidine rings is 1. The highest BCUT2D eigenvalue weighted by Crippen LogP contribution is 2.31. The van der Waals surface area contributed by atoms with E-state index < -0.39 is 5.91 Å². The van der Waals surface area contributed by atoms with Gasteiger partial charge in [0.05, 0.1) is 11.9 Å². The van der Waals surface area contributed by atoms with Gasteiger partial charge < -0.3 is 20.3 Å². The van der Waals surface area contributed by atoms with Crippen LogP contribution in [0, 0.1) is 0 Å². The van der Waals surface area contributed by atoms with Crippen LogP contribution in [0.4, 0.5) is 11.4 Å². The van der Waals surface area contributed by atoms with Gasteiger partial charge in [0, 0.05) is 36.4 Å². The van der Waals surface area contributed by atoms with Crippen LogP contribution in [-0.4, -0.2) is 40.6 Å². The monoisotopic (exact) mass is 471 g/mol. The largest absolute Gasteiger partial charge is 0.466 e. The van der Waals surface area contributed by atoms with E-state index in [2.05, 4.69) is 11.7 Å². The fourth-order valence-electron chi connectivity index (χ4n) is 4.64. The number of nitrogens with zero attached hydrogens (tertiary/aromatic N) is 4. The molecule has 0 saturated carbocycles. The first-order valence-electron chi connectivity index (χ1n) is 11.5. The highest BCUT2D eigenvalue weighted by atomic mass is 16.5. The Kier molecular flexibility index (Phi) is 5.82. The molecule has 178 valence electrons. The van der Waals surface area contributed by atoms with Crippen LogP contribution in [0.3, 0.4) is 0 Å². The molecule has 2 aliphatic heterocycles. The Balaban J connectivity index is 1.48. The standard InChI is InChI=1S/C26H25N5O4/c1-2-35-20-12-10-19(11-13-20)31-24-21(23(28-31)25(27)33)14-16-30(26(24)34)18-8-6-17(7-9-18)29-15-4-3-5-22(29)32/h2,6-13H,1,3-5,14-16H2,(H2,27,33). The molecule has 9 nitrogen and oxygen atoms in total. The number of carbonyl (C=O) groups excluding carboxylic acids is 3. The minimum Gasteiger partial charge on any atom is -0.466 e. The molecule has 0 unspecified atom stereocenters. The zero-order valence-electron chi connectivity index (χ0n) is 19.1. The molecule has 0 radical (unpaired) electrons. The molecule has 5 rings (SSSR count). The Labute approximate surface area is 202 Å². The van der Waals surface area contributed by atoms with Crippen molar-refractivity contribution in [2.75, 3.05) is 22.9 Å². The van der Waals surface area contributed by atoms with E-state index in [0.29, 0.717) is 54.3 Å². The summed E-state index contributed by atoms with van der Waals surface area (Å²) in [6, 6.07) is 14.4. The molecular weight excluding hydrogens is 446 g/mol. The maximum Gasteiger partial charge on any atom is 0.277 e. The van der Waals surface area contributed by atoms with Crippen molar-refractivity contribution in [3.8, 4) is 11.4 Å². The third-order valence-electron chi connectivity index (χ3n) is 6.35. The quantitative estimate of drug-likeness (QED) is 0.555. The lowest BCUT2D eigenvalue weighted by Crippen LogP contribution is -2.39. The van der Waals surface area contributed by atoms with E-state index in [4.69, 9.17) is 10.5 Å². The molecule has 35 heavy (non-hydrogen) atoms. The second-order valence-corrected chi connectivity index (χ2v) is 8.46. The van der Waals surface area contributed by atoms with Crippen molar-refractivity contribution in [2.24, 2.45) is 5.73 Å². The van der Waals surface area contributed by atoms with Crippen LogP contribution in [0.5, 0.6) is 5.75 Å². The summed E-state index contributed by atoms with van der Waals surface area (Å²) < 4.78 is 6.73. The van der Waals surface area contributed by atoms with E-state index in [1.54, 1.807) is 34.1 Å². The highest BCUT2D eigenvalue weighted by Gasteiger charge is 2.34. The molecule has 0 aliphatic carbocycles.